The predicted molar refractivity (Wildman–Crippen MR) is 80.5 cm³/mol. The van der Waals surface area contributed by atoms with Gasteiger partial charge in [0, 0.05) is 32.8 Å². The van der Waals surface area contributed by atoms with Gasteiger partial charge in [-0.25, -0.2) is 0 Å². The van der Waals surface area contributed by atoms with Gasteiger partial charge in [0.1, 0.15) is 0 Å². The molecule has 1 unspecified atom stereocenters. The third kappa shape index (κ3) is 5.80. The van der Waals surface area contributed by atoms with Gasteiger partial charge in [0.05, 0.1) is 6.61 Å². The van der Waals surface area contributed by atoms with Gasteiger partial charge in [-0.15, -0.1) is 0 Å². The van der Waals surface area contributed by atoms with E-state index < -0.39 is 0 Å². The molecule has 0 aromatic carbocycles. The highest BCUT2D eigenvalue weighted by atomic mass is 16.5. The number of nitrogens with zero attached hydrogens (tertiary/aromatic N) is 1. The van der Waals surface area contributed by atoms with Crippen molar-refractivity contribution in [3.63, 3.8) is 0 Å². The Bertz CT molecular complexity index is 225. The lowest BCUT2D eigenvalue weighted by Gasteiger charge is -2.32. The monoisotopic (exact) mass is 268 g/mol. The van der Waals surface area contributed by atoms with E-state index in [1.54, 1.807) is 0 Å². The van der Waals surface area contributed by atoms with Crippen LogP contribution in [-0.4, -0.2) is 50.8 Å². The fourth-order valence-corrected chi connectivity index (χ4v) is 3.64. The van der Waals surface area contributed by atoms with Crippen molar-refractivity contribution in [2.75, 3.05) is 39.9 Å². The van der Waals surface area contributed by atoms with E-state index >= 15 is 0 Å². The molecule has 2 aliphatic rings. The second-order valence-electron chi connectivity index (χ2n) is 6.41. The number of likely N-dealkylation sites (tertiary alicyclic amines) is 1. The molecule has 3 nitrogen and oxygen atoms in total. The Balaban J connectivity index is 1.59. The first kappa shape index (κ1) is 15.3. The van der Waals surface area contributed by atoms with Crippen LogP contribution >= 0.6 is 0 Å². The summed E-state index contributed by atoms with van der Waals surface area (Å²) >= 11 is 0. The Hall–Kier alpha value is -0.120. The maximum absolute atomic E-state index is 5.30. The smallest absolute Gasteiger partial charge is 0.0502 e. The molecule has 1 aliphatic heterocycles. The summed E-state index contributed by atoms with van der Waals surface area (Å²) in [4.78, 5) is 2.62. The van der Waals surface area contributed by atoms with E-state index in [-0.39, 0.29) is 0 Å². The minimum atomic E-state index is 0.761. The molecule has 1 heterocycles. The minimum Gasteiger partial charge on any atom is -0.384 e. The van der Waals surface area contributed by atoms with E-state index in [1.807, 2.05) is 7.11 Å². The summed E-state index contributed by atoms with van der Waals surface area (Å²) in [5.74, 6) is 0.761. The van der Waals surface area contributed by atoms with Crippen LogP contribution in [0.5, 0.6) is 0 Å². The molecule has 1 atom stereocenters. The number of methoxy groups -OCH3 is 1. The molecule has 0 aromatic heterocycles. The molecule has 112 valence electrons. The van der Waals surface area contributed by atoms with Crippen LogP contribution in [0.25, 0.3) is 0 Å². The number of nitrogens with one attached hydrogen (secondary N) is 1. The zero-order valence-electron chi connectivity index (χ0n) is 12.7. The molecule has 1 saturated carbocycles. The van der Waals surface area contributed by atoms with Crippen molar-refractivity contribution < 1.29 is 4.74 Å². The number of hydrogen-bond donors (Lipinski definition) is 1. The molecule has 2 fully saturated rings. The van der Waals surface area contributed by atoms with E-state index in [0.29, 0.717) is 0 Å². The van der Waals surface area contributed by atoms with Gasteiger partial charge in [-0.3, -0.25) is 0 Å². The van der Waals surface area contributed by atoms with Crippen LogP contribution in [0, 0.1) is 5.92 Å². The van der Waals surface area contributed by atoms with Gasteiger partial charge in [-0.1, -0.05) is 25.7 Å². The third-order valence-corrected chi connectivity index (χ3v) is 4.72. The van der Waals surface area contributed by atoms with Gasteiger partial charge in [0.2, 0.25) is 0 Å². The summed E-state index contributed by atoms with van der Waals surface area (Å²) in [5.41, 5.74) is 0. The summed E-state index contributed by atoms with van der Waals surface area (Å²) in [5, 5.41) is 3.78. The largest absolute Gasteiger partial charge is 0.384 e. The third-order valence-electron chi connectivity index (χ3n) is 4.72. The lowest BCUT2D eigenvalue weighted by atomic mass is 9.99. The highest BCUT2D eigenvalue weighted by Gasteiger charge is 2.19. The minimum absolute atomic E-state index is 0.761. The van der Waals surface area contributed by atoms with Crippen molar-refractivity contribution in [3.8, 4) is 0 Å². The Morgan fingerprint density at radius 2 is 1.84 bits per heavy atom. The van der Waals surface area contributed by atoms with Crippen molar-refractivity contribution in [3.05, 3.63) is 0 Å². The molecule has 1 saturated heterocycles. The standard InChI is InChI=1S/C16H32N2O/c1-19-14-15-7-6-11-18(13-15)12-10-17-16-8-4-2-3-5-9-16/h15-17H,2-14H2,1H3. The summed E-state index contributed by atoms with van der Waals surface area (Å²) in [6.07, 6.45) is 11.2. The summed E-state index contributed by atoms with van der Waals surface area (Å²) in [6, 6.07) is 0.794. The number of rotatable bonds is 6. The van der Waals surface area contributed by atoms with Crippen molar-refractivity contribution >= 4 is 0 Å². The predicted octanol–water partition coefficient (Wildman–Crippen LogP) is 2.66. The van der Waals surface area contributed by atoms with Crippen LogP contribution in [0.4, 0.5) is 0 Å². The molecule has 1 aliphatic carbocycles. The molecule has 0 radical (unpaired) electrons. The van der Waals surface area contributed by atoms with Crippen LogP contribution in [0.3, 0.4) is 0 Å². The zero-order chi connectivity index (χ0) is 13.3. The quantitative estimate of drug-likeness (QED) is 0.750. The first-order valence-electron chi connectivity index (χ1n) is 8.33. The molecular formula is C16H32N2O. The molecular weight excluding hydrogens is 236 g/mol. The van der Waals surface area contributed by atoms with Gasteiger partial charge in [0.15, 0.2) is 0 Å². The van der Waals surface area contributed by atoms with Gasteiger partial charge >= 0.3 is 0 Å². The lowest BCUT2D eigenvalue weighted by molar-refractivity contribution is 0.0906. The second-order valence-corrected chi connectivity index (χ2v) is 6.41. The highest BCUT2D eigenvalue weighted by molar-refractivity contribution is 4.75. The zero-order valence-corrected chi connectivity index (χ0v) is 12.7. The van der Waals surface area contributed by atoms with E-state index in [9.17, 15) is 0 Å². The van der Waals surface area contributed by atoms with E-state index in [0.717, 1.165) is 18.6 Å². The molecule has 0 amide bonds. The Morgan fingerprint density at radius 1 is 1.05 bits per heavy atom. The topological polar surface area (TPSA) is 24.5 Å². The Labute approximate surface area is 119 Å². The molecule has 2 rings (SSSR count). The number of ether oxygens (including phenoxy) is 1. The first-order chi connectivity index (χ1) is 9.38. The maximum atomic E-state index is 5.30. The second kappa shape index (κ2) is 8.93. The molecule has 1 N–H and O–H groups in total. The number of hydrogen-bond acceptors (Lipinski definition) is 3. The molecule has 0 bridgehead atoms. The Kier molecular flexibility index (Phi) is 7.18. The fourth-order valence-electron chi connectivity index (χ4n) is 3.64. The van der Waals surface area contributed by atoms with Gasteiger partial charge in [-0.2, -0.15) is 0 Å². The van der Waals surface area contributed by atoms with Crippen molar-refractivity contribution in [2.24, 2.45) is 5.92 Å². The lowest BCUT2D eigenvalue weighted by Crippen LogP contribution is -2.42. The maximum Gasteiger partial charge on any atom is 0.0502 e. The average molecular weight is 268 g/mol. The summed E-state index contributed by atoms with van der Waals surface area (Å²) in [7, 11) is 1.83. The molecule has 0 aromatic rings. The molecule has 0 spiro atoms. The van der Waals surface area contributed by atoms with E-state index in [2.05, 4.69) is 10.2 Å². The summed E-state index contributed by atoms with van der Waals surface area (Å²) < 4.78 is 5.30. The van der Waals surface area contributed by atoms with Crippen molar-refractivity contribution in [1.82, 2.24) is 10.2 Å². The van der Waals surface area contributed by atoms with Crippen LogP contribution in [0.15, 0.2) is 0 Å². The average Bonchev–Trinajstić information content (AvgIpc) is 2.68. The Morgan fingerprint density at radius 3 is 2.58 bits per heavy atom. The normalized spacial score (nSPS) is 27.3. The van der Waals surface area contributed by atoms with Crippen molar-refractivity contribution in [1.29, 1.82) is 0 Å². The van der Waals surface area contributed by atoms with Crippen molar-refractivity contribution in [2.45, 2.75) is 57.4 Å². The summed E-state index contributed by atoms with van der Waals surface area (Å²) in [6.45, 7) is 5.85. The highest BCUT2D eigenvalue weighted by Crippen LogP contribution is 2.18. The van der Waals surface area contributed by atoms with Gasteiger partial charge in [-0.05, 0) is 38.1 Å². The van der Waals surface area contributed by atoms with Crippen LogP contribution in [-0.2, 0) is 4.74 Å². The first-order valence-corrected chi connectivity index (χ1v) is 8.33. The van der Waals surface area contributed by atoms with Crippen LogP contribution in [0.2, 0.25) is 0 Å². The van der Waals surface area contributed by atoms with Gasteiger partial charge in [0.25, 0.3) is 0 Å². The van der Waals surface area contributed by atoms with Crippen LogP contribution < -0.4 is 5.32 Å². The molecule has 19 heavy (non-hydrogen) atoms. The molecule has 3 heteroatoms. The fraction of sp³-hybridized carbons (Fsp3) is 1.00. The number of piperidine rings is 1. The van der Waals surface area contributed by atoms with E-state index in [1.165, 1.54) is 77.5 Å². The van der Waals surface area contributed by atoms with Gasteiger partial charge < -0.3 is 15.0 Å². The van der Waals surface area contributed by atoms with E-state index in [4.69, 9.17) is 4.74 Å². The SMILES string of the molecule is COCC1CCCN(CCNC2CCCCCC2)C1. The van der Waals surface area contributed by atoms with Crippen LogP contribution in [0.1, 0.15) is 51.4 Å².